The summed E-state index contributed by atoms with van der Waals surface area (Å²) in [4.78, 5) is 2.30. The molecule has 0 bridgehead atoms. The standard InChI is InChI=1S/C24H27FO4S/c1-15-2-3-16(4-10-21(27)24(29)22(28)14-26)12-18(15)13-20-9-11-23(30-20)17-5-7-19(25)8-6-17/h2-3,5-9,11-12,21-22,24,26-29H,4,10,13-14H2,1H3/t21?,22-,24+/m1/s1. The Morgan fingerprint density at radius 3 is 2.37 bits per heavy atom. The Hall–Kier alpha value is -2.09. The van der Waals surface area contributed by atoms with E-state index in [1.54, 1.807) is 23.5 Å². The van der Waals surface area contributed by atoms with E-state index in [4.69, 9.17) is 5.11 Å². The quantitative estimate of drug-likeness (QED) is 0.419. The number of rotatable bonds is 9. The first-order chi connectivity index (χ1) is 14.4. The highest BCUT2D eigenvalue weighted by Gasteiger charge is 2.23. The molecule has 1 aromatic heterocycles. The third kappa shape index (κ3) is 5.74. The van der Waals surface area contributed by atoms with Crippen molar-refractivity contribution in [1.82, 2.24) is 0 Å². The number of aliphatic hydroxyl groups excluding tert-OH is 4. The number of thiophene rings is 1. The fourth-order valence-electron chi connectivity index (χ4n) is 3.35. The summed E-state index contributed by atoms with van der Waals surface area (Å²) >= 11 is 1.68. The van der Waals surface area contributed by atoms with E-state index in [9.17, 15) is 19.7 Å². The average Bonchev–Trinajstić information content (AvgIpc) is 3.21. The fourth-order valence-corrected chi connectivity index (χ4v) is 4.39. The second kappa shape index (κ2) is 10.3. The minimum absolute atomic E-state index is 0.244. The lowest BCUT2D eigenvalue weighted by Gasteiger charge is -2.21. The molecule has 4 N–H and O–H groups in total. The number of benzene rings is 2. The van der Waals surface area contributed by atoms with Crippen molar-refractivity contribution in [2.75, 3.05) is 6.61 Å². The molecule has 1 heterocycles. The van der Waals surface area contributed by atoms with Crippen LogP contribution >= 0.6 is 11.3 Å². The van der Waals surface area contributed by atoms with Gasteiger partial charge in [0.05, 0.1) is 12.7 Å². The molecular formula is C24H27FO4S. The predicted octanol–water partition coefficient (Wildman–Crippen LogP) is 3.46. The molecule has 4 nitrogen and oxygen atoms in total. The zero-order valence-electron chi connectivity index (χ0n) is 16.8. The van der Waals surface area contributed by atoms with Crippen molar-refractivity contribution in [1.29, 1.82) is 0 Å². The fraction of sp³-hybridized carbons (Fsp3) is 0.333. The van der Waals surface area contributed by atoms with Gasteiger partial charge in [-0.1, -0.05) is 30.3 Å². The monoisotopic (exact) mass is 430 g/mol. The molecule has 0 saturated carbocycles. The highest BCUT2D eigenvalue weighted by Crippen LogP contribution is 2.30. The van der Waals surface area contributed by atoms with Gasteiger partial charge in [-0.2, -0.15) is 0 Å². The van der Waals surface area contributed by atoms with Gasteiger partial charge in [-0.25, -0.2) is 4.39 Å². The molecule has 0 fully saturated rings. The van der Waals surface area contributed by atoms with E-state index in [-0.39, 0.29) is 12.2 Å². The summed E-state index contributed by atoms with van der Waals surface area (Å²) in [6.45, 7) is 1.47. The Balaban J connectivity index is 1.66. The van der Waals surface area contributed by atoms with E-state index >= 15 is 0 Å². The molecule has 6 heteroatoms. The van der Waals surface area contributed by atoms with E-state index < -0.39 is 24.9 Å². The van der Waals surface area contributed by atoms with Crippen molar-refractivity contribution in [3.05, 3.63) is 82.0 Å². The molecule has 3 atom stereocenters. The van der Waals surface area contributed by atoms with Gasteiger partial charge in [0.25, 0.3) is 0 Å². The molecule has 0 saturated heterocycles. The molecule has 0 aliphatic carbocycles. The van der Waals surface area contributed by atoms with Crippen molar-refractivity contribution in [3.8, 4) is 10.4 Å². The van der Waals surface area contributed by atoms with Crippen molar-refractivity contribution < 1.29 is 24.8 Å². The van der Waals surface area contributed by atoms with E-state index in [1.165, 1.54) is 28.1 Å². The van der Waals surface area contributed by atoms with Gasteiger partial charge in [0.1, 0.15) is 18.0 Å². The molecule has 3 aromatic rings. The first-order valence-corrected chi connectivity index (χ1v) is 10.8. The highest BCUT2D eigenvalue weighted by molar-refractivity contribution is 7.15. The number of hydrogen-bond donors (Lipinski definition) is 4. The van der Waals surface area contributed by atoms with Crippen molar-refractivity contribution in [2.45, 2.75) is 44.5 Å². The Morgan fingerprint density at radius 1 is 0.933 bits per heavy atom. The topological polar surface area (TPSA) is 80.9 Å². The van der Waals surface area contributed by atoms with Crippen LogP contribution in [-0.2, 0) is 12.8 Å². The Morgan fingerprint density at radius 2 is 1.67 bits per heavy atom. The molecule has 3 rings (SSSR count). The summed E-state index contributed by atoms with van der Waals surface area (Å²) in [6.07, 6.45) is -2.20. The zero-order chi connectivity index (χ0) is 21.7. The highest BCUT2D eigenvalue weighted by atomic mass is 32.1. The van der Waals surface area contributed by atoms with Crippen LogP contribution in [0.15, 0.2) is 54.6 Å². The molecule has 2 aromatic carbocycles. The minimum Gasteiger partial charge on any atom is -0.394 e. The first-order valence-electron chi connectivity index (χ1n) is 9.95. The summed E-state index contributed by atoms with van der Waals surface area (Å²) in [5, 5.41) is 38.2. The Kier molecular flexibility index (Phi) is 7.75. The third-order valence-corrected chi connectivity index (χ3v) is 6.41. The smallest absolute Gasteiger partial charge is 0.123 e. The Labute approximate surface area is 179 Å². The molecular weight excluding hydrogens is 403 g/mol. The second-order valence-corrected chi connectivity index (χ2v) is 8.73. The summed E-state index contributed by atoms with van der Waals surface area (Å²) in [5.74, 6) is -0.244. The third-order valence-electron chi connectivity index (χ3n) is 5.27. The molecule has 0 amide bonds. The molecule has 0 radical (unpaired) electrons. The van der Waals surface area contributed by atoms with Gasteiger partial charge in [-0.15, -0.1) is 11.3 Å². The van der Waals surface area contributed by atoms with Gasteiger partial charge >= 0.3 is 0 Å². The molecule has 0 spiro atoms. The predicted molar refractivity (Wildman–Crippen MR) is 117 cm³/mol. The summed E-state index contributed by atoms with van der Waals surface area (Å²) in [7, 11) is 0. The van der Waals surface area contributed by atoms with Crippen LogP contribution in [0.5, 0.6) is 0 Å². The van der Waals surface area contributed by atoms with Crippen molar-refractivity contribution in [2.24, 2.45) is 0 Å². The maximum absolute atomic E-state index is 13.1. The van der Waals surface area contributed by atoms with E-state index in [1.807, 2.05) is 12.1 Å². The van der Waals surface area contributed by atoms with Gasteiger partial charge in [0, 0.05) is 16.2 Å². The van der Waals surface area contributed by atoms with Crippen LogP contribution < -0.4 is 0 Å². The average molecular weight is 431 g/mol. The maximum Gasteiger partial charge on any atom is 0.123 e. The summed E-state index contributed by atoms with van der Waals surface area (Å²) in [6, 6.07) is 16.8. The van der Waals surface area contributed by atoms with Gasteiger partial charge in [-0.05, 0) is 66.3 Å². The molecule has 0 aliphatic heterocycles. The molecule has 160 valence electrons. The normalized spacial score (nSPS) is 14.5. The first kappa shape index (κ1) is 22.6. The van der Waals surface area contributed by atoms with Crippen LogP contribution in [-0.4, -0.2) is 45.3 Å². The van der Waals surface area contributed by atoms with Gasteiger partial charge < -0.3 is 20.4 Å². The maximum atomic E-state index is 13.1. The molecule has 1 unspecified atom stereocenters. The second-order valence-electron chi connectivity index (χ2n) is 7.56. The van der Waals surface area contributed by atoms with Gasteiger partial charge in [-0.3, -0.25) is 0 Å². The summed E-state index contributed by atoms with van der Waals surface area (Å²) < 4.78 is 13.1. The number of aliphatic hydroxyl groups is 4. The number of halogens is 1. The van der Waals surface area contributed by atoms with Crippen LogP contribution in [0.25, 0.3) is 10.4 Å². The van der Waals surface area contributed by atoms with Crippen molar-refractivity contribution >= 4 is 11.3 Å². The van der Waals surface area contributed by atoms with Crippen molar-refractivity contribution in [3.63, 3.8) is 0 Å². The lowest BCUT2D eigenvalue weighted by Crippen LogP contribution is -2.39. The largest absolute Gasteiger partial charge is 0.394 e. The van der Waals surface area contributed by atoms with Crippen LogP contribution in [0.3, 0.4) is 0 Å². The van der Waals surface area contributed by atoms with Gasteiger partial charge in [0.15, 0.2) is 0 Å². The number of hydrogen-bond acceptors (Lipinski definition) is 5. The lowest BCUT2D eigenvalue weighted by atomic mass is 9.96. The number of aryl methyl sites for hydroxylation is 2. The minimum atomic E-state index is -1.36. The van der Waals surface area contributed by atoms with E-state index in [2.05, 4.69) is 25.1 Å². The van der Waals surface area contributed by atoms with Crippen LogP contribution in [0, 0.1) is 12.7 Å². The molecule has 30 heavy (non-hydrogen) atoms. The van der Waals surface area contributed by atoms with Crippen LogP contribution in [0.4, 0.5) is 4.39 Å². The van der Waals surface area contributed by atoms with Crippen LogP contribution in [0.2, 0.25) is 0 Å². The Bertz CT molecular complexity index is 954. The zero-order valence-corrected chi connectivity index (χ0v) is 17.6. The summed E-state index contributed by atoms with van der Waals surface area (Å²) in [5.41, 5.74) is 4.39. The van der Waals surface area contributed by atoms with Gasteiger partial charge in [0.2, 0.25) is 0 Å². The van der Waals surface area contributed by atoms with E-state index in [0.29, 0.717) is 6.42 Å². The van der Waals surface area contributed by atoms with E-state index in [0.717, 1.165) is 22.4 Å². The van der Waals surface area contributed by atoms with Crippen LogP contribution in [0.1, 0.15) is 28.0 Å². The SMILES string of the molecule is Cc1ccc(CCC(O)[C@H](O)[C@H](O)CO)cc1Cc1ccc(-c2ccc(F)cc2)s1. The molecule has 0 aliphatic rings. The lowest BCUT2D eigenvalue weighted by molar-refractivity contribution is -0.0780.